The highest BCUT2D eigenvalue weighted by Gasteiger charge is 2.06. The van der Waals surface area contributed by atoms with Crippen LogP contribution in [0.3, 0.4) is 0 Å². The summed E-state index contributed by atoms with van der Waals surface area (Å²) in [6.45, 7) is 2.66. The molecule has 0 bridgehead atoms. The molecule has 4 heteroatoms. The summed E-state index contributed by atoms with van der Waals surface area (Å²) in [6.07, 6.45) is 0.905. The van der Waals surface area contributed by atoms with Crippen LogP contribution in [0.15, 0.2) is 35.7 Å². The lowest BCUT2D eigenvalue weighted by Crippen LogP contribution is -2.12. The lowest BCUT2D eigenvalue weighted by molar-refractivity contribution is 0.322. The Bertz CT molecular complexity index is 535. The molecule has 2 N–H and O–H groups in total. The molecule has 0 saturated heterocycles. The van der Waals surface area contributed by atoms with Crippen LogP contribution >= 0.6 is 23.6 Å². The molecule has 0 atom stereocenters. The average Bonchev–Trinajstić information content (AvgIpc) is 2.82. The van der Waals surface area contributed by atoms with Gasteiger partial charge in [-0.1, -0.05) is 24.4 Å². The summed E-state index contributed by atoms with van der Waals surface area (Å²) in [5.41, 5.74) is 7.63. The quantitative estimate of drug-likeness (QED) is 0.852. The predicted molar refractivity (Wildman–Crippen MR) is 80.6 cm³/mol. The van der Waals surface area contributed by atoms with Crippen molar-refractivity contribution in [3.63, 3.8) is 0 Å². The van der Waals surface area contributed by atoms with Crippen LogP contribution in [0.1, 0.15) is 16.0 Å². The van der Waals surface area contributed by atoms with Gasteiger partial charge < -0.3 is 10.5 Å². The fraction of sp³-hybridized carbons (Fsp3) is 0.214. The van der Waals surface area contributed by atoms with E-state index in [9.17, 15) is 0 Å². The summed E-state index contributed by atoms with van der Waals surface area (Å²) < 4.78 is 5.79. The summed E-state index contributed by atoms with van der Waals surface area (Å²) in [7, 11) is 0. The molecule has 0 amide bonds. The molecule has 0 aliphatic carbocycles. The molecule has 1 aromatic heterocycles. The topological polar surface area (TPSA) is 35.2 Å². The molecule has 1 heterocycles. The predicted octanol–water partition coefficient (Wildman–Crippen LogP) is 3.31. The molecule has 2 rings (SSSR count). The van der Waals surface area contributed by atoms with Gasteiger partial charge in [0.2, 0.25) is 0 Å². The normalized spacial score (nSPS) is 10.3. The maximum absolute atomic E-state index is 5.79. The minimum absolute atomic E-state index is 0.376. The van der Waals surface area contributed by atoms with Crippen molar-refractivity contribution in [2.45, 2.75) is 13.3 Å². The van der Waals surface area contributed by atoms with E-state index in [1.165, 1.54) is 4.88 Å². The molecule has 0 unspecified atom stereocenters. The smallest absolute Gasteiger partial charge is 0.129 e. The Hall–Kier alpha value is -1.39. The Morgan fingerprint density at radius 3 is 2.89 bits per heavy atom. The Balaban J connectivity index is 2.03. The monoisotopic (exact) mass is 277 g/mol. The van der Waals surface area contributed by atoms with Crippen molar-refractivity contribution in [2.24, 2.45) is 5.73 Å². The first-order valence-corrected chi connectivity index (χ1v) is 7.01. The first-order valence-electron chi connectivity index (χ1n) is 5.72. The number of hydrogen-bond acceptors (Lipinski definition) is 3. The van der Waals surface area contributed by atoms with Crippen LogP contribution in [0.25, 0.3) is 0 Å². The maximum atomic E-state index is 5.79. The molecule has 2 nitrogen and oxygen atoms in total. The van der Waals surface area contributed by atoms with E-state index in [-0.39, 0.29) is 0 Å². The van der Waals surface area contributed by atoms with Crippen molar-refractivity contribution in [1.82, 2.24) is 0 Å². The van der Waals surface area contributed by atoms with E-state index in [2.05, 4.69) is 11.4 Å². The van der Waals surface area contributed by atoms with Crippen LogP contribution in [0.5, 0.6) is 5.75 Å². The highest BCUT2D eigenvalue weighted by atomic mass is 32.1. The first-order chi connectivity index (χ1) is 8.66. The van der Waals surface area contributed by atoms with Gasteiger partial charge in [-0.2, -0.15) is 0 Å². The number of thiocarbonyl (C=S) groups is 1. The average molecular weight is 277 g/mol. The molecule has 94 valence electrons. The Morgan fingerprint density at radius 1 is 1.39 bits per heavy atom. The summed E-state index contributed by atoms with van der Waals surface area (Å²) >= 11 is 6.76. The van der Waals surface area contributed by atoms with E-state index in [0.717, 1.165) is 23.3 Å². The molecule has 0 spiro atoms. The number of rotatable bonds is 5. The molecule has 0 aliphatic rings. The minimum Gasteiger partial charge on any atom is -0.492 e. The van der Waals surface area contributed by atoms with Gasteiger partial charge in [0.1, 0.15) is 10.7 Å². The zero-order chi connectivity index (χ0) is 13.0. The molecule has 0 radical (unpaired) electrons. The Kier molecular flexibility index (Phi) is 4.33. The third kappa shape index (κ3) is 3.31. The van der Waals surface area contributed by atoms with Crippen LogP contribution < -0.4 is 10.5 Å². The van der Waals surface area contributed by atoms with Gasteiger partial charge in [-0.3, -0.25) is 0 Å². The van der Waals surface area contributed by atoms with Crippen molar-refractivity contribution >= 4 is 28.5 Å². The van der Waals surface area contributed by atoms with Gasteiger partial charge in [-0.15, -0.1) is 11.3 Å². The van der Waals surface area contributed by atoms with Crippen molar-refractivity contribution in [3.8, 4) is 5.75 Å². The Morgan fingerprint density at radius 2 is 2.22 bits per heavy atom. The summed E-state index contributed by atoms with van der Waals surface area (Å²) in [5, 5.41) is 2.07. The fourth-order valence-electron chi connectivity index (χ4n) is 1.67. The molecule has 1 aromatic carbocycles. The van der Waals surface area contributed by atoms with Gasteiger partial charge in [0.25, 0.3) is 0 Å². The van der Waals surface area contributed by atoms with Gasteiger partial charge in [0, 0.05) is 11.3 Å². The number of nitrogens with two attached hydrogens (primary N) is 1. The highest BCUT2D eigenvalue weighted by Crippen LogP contribution is 2.21. The second-order valence-corrected chi connectivity index (χ2v) is 5.51. The SMILES string of the molecule is Cc1ccc(C(N)=S)c(OCCc2cccs2)c1. The van der Waals surface area contributed by atoms with Gasteiger partial charge in [-0.25, -0.2) is 0 Å². The molecule has 2 aromatic rings. The van der Waals surface area contributed by atoms with Gasteiger partial charge in [0.05, 0.1) is 12.2 Å². The van der Waals surface area contributed by atoms with E-state index in [1.54, 1.807) is 11.3 Å². The van der Waals surface area contributed by atoms with Crippen molar-refractivity contribution in [1.29, 1.82) is 0 Å². The number of ether oxygens (including phenoxy) is 1. The van der Waals surface area contributed by atoms with Gasteiger partial charge in [0.15, 0.2) is 0 Å². The van der Waals surface area contributed by atoms with Crippen LogP contribution in [-0.2, 0) is 6.42 Å². The molecule has 0 saturated carbocycles. The summed E-state index contributed by atoms with van der Waals surface area (Å²) in [4.78, 5) is 1.70. The second-order valence-electron chi connectivity index (χ2n) is 4.04. The third-order valence-corrected chi connectivity index (χ3v) is 3.74. The first kappa shape index (κ1) is 13.1. The minimum atomic E-state index is 0.376. The lowest BCUT2D eigenvalue weighted by Gasteiger charge is -2.11. The fourth-order valence-corrected chi connectivity index (χ4v) is 2.53. The summed E-state index contributed by atoms with van der Waals surface area (Å²) in [5.74, 6) is 0.777. The van der Waals surface area contributed by atoms with Crippen LogP contribution in [-0.4, -0.2) is 11.6 Å². The number of hydrogen-bond donors (Lipinski definition) is 1. The van der Waals surface area contributed by atoms with E-state index >= 15 is 0 Å². The number of thiophene rings is 1. The Labute approximate surface area is 116 Å². The third-order valence-electron chi connectivity index (χ3n) is 2.59. The van der Waals surface area contributed by atoms with E-state index < -0.39 is 0 Å². The summed E-state index contributed by atoms with van der Waals surface area (Å²) in [6, 6.07) is 10.0. The maximum Gasteiger partial charge on any atom is 0.129 e. The molecule has 0 aliphatic heterocycles. The zero-order valence-electron chi connectivity index (χ0n) is 10.2. The number of benzene rings is 1. The molecular weight excluding hydrogens is 262 g/mol. The van der Waals surface area contributed by atoms with Crippen molar-refractivity contribution < 1.29 is 4.74 Å². The van der Waals surface area contributed by atoms with Crippen molar-refractivity contribution in [2.75, 3.05) is 6.61 Å². The largest absolute Gasteiger partial charge is 0.492 e. The molecular formula is C14H15NOS2. The molecule has 18 heavy (non-hydrogen) atoms. The second kappa shape index (κ2) is 5.98. The van der Waals surface area contributed by atoms with Crippen LogP contribution in [0.4, 0.5) is 0 Å². The van der Waals surface area contributed by atoms with Crippen LogP contribution in [0.2, 0.25) is 0 Å². The van der Waals surface area contributed by atoms with Crippen LogP contribution in [0, 0.1) is 6.92 Å². The van der Waals surface area contributed by atoms with E-state index in [4.69, 9.17) is 22.7 Å². The van der Waals surface area contributed by atoms with Gasteiger partial charge >= 0.3 is 0 Å². The van der Waals surface area contributed by atoms with Crippen molar-refractivity contribution in [3.05, 3.63) is 51.7 Å². The van der Waals surface area contributed by atoms with E-state index in [0.29, 0.717) is 11.6 Å². The lowest BCUT2D eigenvalue weighted by atomic mass is 10.1. The van der Waals surface area contributed by atoms with E-state index in [1.807, 2.05) is 31.2 Å². The highest BCUT2D eigenvalue weighted by molar-refractivity contribution is 7.80. The van der Waals surface area contributed by atoms with Gasteiger partial charge in [-0.05, 0) is 36.1 Å². The standard InChI is InChI=1S/C14H15NOS2/c1-10-4-5-12(14(15)17)13(9-10)16-7-6-11-3-2-8-18-11/h2-5,8-9H,6-7H2,1H3,(H2,15,17). The molecule has 0 fully saturated rings. The zero-order valence-corrected chi connectivity index (χ0v) is 11.8. The number of aryl methyl sites for hydroxylation is 1.